The Morgan fingerprint density at radius 1 is 1.25 bits per heavy atom. The molecule has 0 aromatic rings. The third-order valence-corrected chi connectivity index (χ3v) is 0. The fraction of sp³-hybridized carbons (Fsp3) is 1.00. The van der Waals surface area contributed by atoms with Gasteiger partial charge in [0.1, 0.15) is 0 Å². The molecular weight excluding hydrogens is 56.0 g/mol. The molecule has 0 aliphatic carbocycles. The molecule has 24 valence electrons. The van der Waals surface area contributed by atoms with Crippen molar-refractivity contribution in [2.24, 2.45) is 0 Å². The van der Waals surface area contributed by atoms with Crippen LogP contribution in [0.15, 0.2) is 0 Å². The summed E-state index contributed by atoms with van der Waals surface area (Å²) in [6.45, 7) is 0. The molecule has 0 rings (SSSR count). The van der Waals surface area contributed by atoms with Gasteiger partial charge in [-0.2, -0.15) is 0 Å². The second-order valence-corrected chi connectivity index (χ2v) is 0. The van der Waals surface area contributed by atoms with Crippen molar-refractivity contribution < 1.29 is 5.11 Å². The Morgan fingerprint density at radius 3 is 1.25 bits per heavy atom. The third kappa shape index (κ3) is 0.518. The molecule has 0 saturated heterocycles. The quantitative estimate of drug-likeness (QED) is 0.388. The fourth-order valence-corrected chi connectivity index (χ4v) is 0. The number of hydrogen-bond donors (Lipinski definition) is 1. The predicted molar refractivity (Wildman–Crippen MR) is 11.6 cm³/mol. The molecular formula is CH4N2O. The lowest BCUT2D eigenvalue weighted by Gasteiger charge is -1.21. The first kappa shape index (κ1) is 10.1. The van der Waals surface area contributed by atoms with Crippen LogP contribution in [0, 0.1) is 10.8 Å². The van der Waals surface area contributed by atoms with E-state index in [1.54, 1.807) is 0 Å². The maximum atomic E-state index is 7.00. The lowest BCUT2D eigenvalue weighted by Crippen LogP contribution is -1.25. The zero-order chi connectivity index (χ0) is 4.00. The Balaban J connectivity index is 0. The molecule has 3 heteroatoms. The number of rotatable bonds is 0. The molecule has 0 aliphatic heterocycles. The van der Waals surface area contributed by atoms with E-state index in [-0.39, 0.29) is 0 Å². The zero-order valence-electron chi connectivity index (χ0n) is 2.34. The van der Waals surface area contributed by atoms with Gasteiger partial charge in [0.2, 0.25) is 0 Å². The van der Waals surface area contributed by atoms with Crippen LogP contribution in [0.1, 0.15) is 0 Å². The van der Waals surface area contributed by atoms with E-state index in [2.05, 4.69) is 0 Å². The highest BCUT2D eigenvalue weighted by atomic mass is 16.2. The second kappa shape index (κ2) is 11.8. The van der Waals surface area contributed by atoms with E-state index < -0.39 is 0 Å². The first-order valence-corrected chi connectivity index (χ1v) is 0.647. The number of hydrogen-bond acceptors (Lipinski definition) is 3. The minimum Gasteiger partial charge on any atom is -0.400 e. The van der Waals surface area contributed by atoms with Crippen molar-refractivity contribution in [2.45, 2.75) is 0 Å². The van der Waals surface area contributed by atoms with E-state index in [0.29, 0.717) is 0 Å². The normalized spacial score (nSPS) is 2.00. The molecule has 1 N–H and O–H groups in total. The van der Waals surface area contributed by atoms with Gasteiger partial charge in [-0.25, -0.2) is 0 Å². The topological polar surface area (TPSA) is 67.8 Å². The van der Waals surface area contributed by atoms with Crippen LogP contribution in [0.25, 0.3) is 0 Å². The van der Waals surface area contributed by atoms with Crippen LogP contribution in [-0.2, 0) is 0 Å². The minimum atomic E-state index is 1.00. The van der Waals surface area contributed by atoms with Gasteiger partial charge in [0.15, 0.2) is 0 Å². The fourth-order valence-electron chi connectivity index (χ4n) is 0. The summed E-state index contributed by atoms with van der Waals surface area (Å²) in [6, 6.07) is 0. The van der Waals surface area contributed by atoms with Gasteiger partial charge in [0.05, 0.1) is 0 Å². The van der Waals surface area contributed by atoms with E-state index in [9.17, 15) is 0 Å². The lowest BCUT2D eigenvalue weighted by atomic mass is 11.8. The Bertz CT molecular complexity index is 10.8. The molecule has 0 atom stereocenters. The van der Waals surface area contributed by atoms with Crippen molar-refractivity contribution in [3.8, 4) is 0 Å². The molecule has 0 fully saturated rings. The largest absolute Gasteiger partial charge is 0.400 e. The minimum absolute atomic E-state index is 1.00. The van der Waals surface area contributed by atoms with Gasteiger partial charge in [-0.3, -0.25) is 0 Å². The maximum absolute atomic E-state index is 7.00. The number of aliphatic hydroxyl groups is 1. The molecule has 0 amide bonds. The lowest BCUT2D eigenvalue weighted by molar-refractivity contribution is 0.399. The van der Waals surface area contributed by atoms with Gasteiger partial charge in [-0.05, 0) is 0 Å². The van der Waals surface area contributed by atoms with E-state index in [1.807, 2.05) is 0 Å². The molecule has 3 nitrogen and oxygen atoms in total. The molecule has 0 aromatic carbocycles. The van der Waals surface area contributed by atoms with Crippen molar-refractivity contribution in [3.63, 3.8) is 0 Å². The summed E-state index contributed by atoms with van der Waals surface area (Å²) in [5.41, 5.74) is 0. The van der Waals surface area contributed by atoms with Gasteiger partial charge in [-0.15, -0.1) is 0 Å². The predicted octanol–water partition coefficient (Wildman–Crippen LogP) is -0.361. The highest BCUT2D eigenvalue weighted by molar-refractivity contribution is 3.18. The smallest absolute Gasteiger partial charge is 0.0319 e. The van der Waals surface area contributed by atoms with Gasteiger partial charge in [0, 0.05) is 17.9 Å². The van der Waals surface area contributed by atoms with Crippen molar-refractivity contribution in [2.75, 3.05) is 7.11 Å². The summed E-state index contributed by atoms with van der Waals surface area (Å²) in [5, 5.41) is 19.0. The summed E-state index contributed by atoms with van der Waals surface area (Å²) in [5.74, 6) is 0. The summed E-state index contributed by atoms with van der Waals surface area (Å²) < 4.78 is 0. The molecule has 0 spiro atoms. The monoisotopic (exact) mass is 60.0 g/mol. The van der Waals surface area contributed by atoms with E-state index in [0.717, 1.165) is 7.11 Å². The van der Waals surface area contributed by atoms with Crippen LogP contribution in [0.5, 0.6) is 0 Å². The zero-order valence-corrected chi connectivity index (χ0v) is 2.34. The average Bonchev–Trinajstić information content (AvgIpc) is 1.50. The summed E-state index contributed by atoms with van der Waals surface area (Å²) in [6.07, 6.45) is 0. The number of aliphatic hydroxyl groups excluding tert-OH is 1. The molecule has 0 bridgehead atoms. The van der Waals surface area contributed by atoms with Gasteiger partial charge < -0.3 is 5.11 Å². The van der Waals surface area contributed by atoms with Crippen LogP contribution >= 0.6 is 0 Å². The average molecular weight is 60.1 g/mol. The van der Waals surface area contributed by atoms with Crippen molar-refractivity contribution in [1.82, 2.24) is 0 Å². The Hall–Kier alpha value is -0.620. The third-order valence-electron chi connectivity index (χ3n) is 0. The first-order valence-electron chi connectivity index (χ1n) is 0.647. The summed E-state index contributed by atoms with van der Waals surface area (Å²) in [7, 11) is 1.00. The van der Waals surface area contributed by atoms with Crippen LogP contribution < -0.4 is 0 Å². The molecule has 0 aromatic heterocycles. The highest BCUT2D eigenvalue weighted by Gasteiger charge is 0.839. The van der Waals surface area contributed by atoms with Crippen LogP contribution in [0.2, 0.25) is 0 Å². The highest BCUT2D eigenvalue weighted by Crippen LogP contribution is 0.755. The first-order chi connectivity index (χ1) is 2.00. The van der Waals surface area contributed by atoms with Gasteiger partial charge >= 0.3 is 0 Å². The van der Waals surface area contributed by atoms with Crippen LogP contribution in [0.4, 0.5) is 0 Å². The second-order valence-electron chi connectivity index (χ2n) is 0. The van der Waals surface area contributed by atoms with Crippen molar-refractivity contribution >= 4 is 0 Å². The molecule has 0 heterocycles. The van der Waals surface area contributed by atoms with E-state index in [4.69, 9.17) is 15.9 Å². The molecule has 0 unspecified atom stereocenters. The molecule has 0 saturated carbocycles. The van der Waals surface area contributed by atoms with Crippen LogP contribution in [-0.4, -0.2) is 12.2 Å². The summed E-state index contributed by atoms with van der Waals surface area (Å²) >= 11 is 0. The Labute approximate surface area is 24.3 Å². The van der Waals surface area contributed by atoms with E-state index >= 15 is 0 Å². The Morgan fingerprint density at radius 2 is 1.25 bits per heavy atom. The van der Waals surface area contributed by atoms with Gasteiger partial charge in [0.25, 0.3) is 0 Å². The molecule has 0 aliphatic rings. The number of nitrogens with zero attached hydrogens (tertiary/aromatic N) is 2. The molecule has 0 radical (unpaired) electrons. The van der Waals surface area contributed by atoms with Crippen LogP contribution in [0.3, 0.4) is 0 Å². The molecule has 4 heavy (non-hydrogen) atoms. The maximum Gasteiger partial charge on any atom is 0.0319 e. The van der Waals surface area contributed by atoms with E-state index in [1.165, 1.54) is 0 Å². The van der Waals surface area contributed by atoms with Crippen molar-refractivity contribution in [1.29, 1.82) is 10.8 Å². The Kier molecular flexibility index (Phi) is 29.6. The van der Waals surface area contributed by atoms with Gasteiger partial charge in [-0.1, -0.05) is 0 Å². The van der Waals surface area contributed by atoms with Crippen molar-refractivity contribution in [3.05, 3.63) is 0 Å². The SMILES string of the molecule is CO.N#N. The standard InChI is InChI=1S/CH4O.N2/c2*1-2/h2H,1H3;. The summed E-state index contributed by atoms with van der Waals surface area (Å²) in [4.78, 5) is 0.